The molecule has 0 radical (unpaired) electrons. The quantitative estimate of drug-likeness (QED) is 0.550. The van der Waals surface area contributed by atoms with Gasteiger partial charge in [-0.15, -0.1) is 0 Å². The van der Waals surface area contributed by atoms with Crippen molar-refractivity contribution in [3.05, 3.63) is 62.1 Å². The number of benzene rings is 1. The largest absolute Gasteiger partial charge is 0.462 e. The Hall–Kier alpha value is -3.88. The standard InChI is InChI=1S/C24H27N3O6/c1-7-32-24(31)18-15(6)33-23(19(18)21(25)29)26-22(30)14(5)27-17(28)10-12(3)16-9-11(2)8-13(4)20(16)27/h8-10,14H,7H2,1-6H3,(H2,25,29)(H,26,30). The average Bonchev–Trinajstić information content (AvgIpc) is 3.04. The molecular formula is C24H27N3O6. The molecule has 0 spiro atoms. The number of esters is 1. The van der Waals surface area contributed by atoms with Crippen molar-refractivity contribution >= 4 is 34.6 Å². The number of carbonyl (C=O) groups excluding carboxylic acids is 3. The Balaban J connectivity index is 2.08. The molecule has 0 bridgehead atoms. The number of nitrogens with zero attached hydrogens (tertiary/aromatic N) is 1. The summed E-state index contributed by atoms with van der Waals surface area (Å²) in [5.41, 5.74) is 8.04. The molecule has 1 unspecified atom stereocenters. The van der Waals surface area contributed by atoms with Crippen LogP contribution in [0.25, 0.3) is 10.9 Å². The van der Waals surface area contributed by atoms with Crippen molar-refractivity contribution in [1.29, 1.82) is 0 Å². The van der Waals surface area contributed by atoms with E-state index in [1.54, 1.807) is 13.8 Å². The number of rotatable bonds is 6. The molecule has 9 nitrogen and oxygen atoms in total. The van der Waals surface area contributed by atoms with Crippen LogP contribution in [0.15, 0.2) is 27.4 Å². The van der Waals surface area contributed by atoms with Crippen LogP contribution >= 0.6 is 0 Å². The number of amides is 2. The van der Waals surface area contributed by atoms with Crippen molar-refractivity contribution in [2.75, 3.05) is 11.9 Å². The molecule has 3 rings (SSSR count). The van der Waals surface area contributed by atoms with Gasteiger partial charge in [0, 0.05) is 11.5 Å². The van der Waals surface area contributed by atoms with E-state index in [2.05, 4.69) is 5.32 Å². The summed E-state index contributed by atoms with van der Waals surface area (Å²) >= 11 is 0. The normalized spacial score (nSPS) is 11.9. The lowest BCUT2D eigenvalue weighted by Crippen LogP contribution is -2.32. The molecule has 2 aromatic heterocycles. The zero-order valence-corrected chi connectivity index (χ0v) is 19.5. The number of anilines is 1. The van der Waals surface area contributed by atoms with Gasteiger partial charge in [-0.05, 0) is 58.7 Å². The molecule has 174 valence electrons. The maximum Gasteiger partial charge on any atom is 0.342 e. The fourth-order valence-corrected chi connectivity index (χ4v) is 4.06. The number of fused-ring (bicyclic) bond motifs is 1. The van der Waals surface area contributed by atoms with E-state index in [0.29, 0.717) is 5.52 Å². The lowest BCUT2D eigenvalue weighted by molar-refractivity contribution is -0.118. The van der Waals surface area contributed by atoms with Crippen LogP contribution in [0.2, 0.25) is 0 Å². The highest BCUT2D eigenvalue weighted by molar-refractivity contribution is 6.10. The van der Waals surface area contributed by atoms with Gasteiger partial charge < -0.3 is 14.9 Å². The summed E-state index contributed by atoms with van der Waals surface area (Å²) in [7, 11) is 0. The van der Waals surface area contributed by atoms with Crippen LogP contribution in [0, 0.1) is 27.7 Å². The Labute approximate surface area is 190 Å². The Morgan fingerprint density at radius 1 is 1.09 bits per heavy atom. The number of ether oxygens (including phenoxy) is 1. The second-order valence-electron chi connectivity index (χ2n) is 8.00. The van der Waals surface area contributed by atoms with E-state index in [1.807, 2.05) is 32.9 Å². The first-order valence-corrected chi connectivity index (χ1v) is 10.5. The molecule has 0 aliphatic rings. The van der Waals surface area contributed by atoms with Crippen LogP contribution in [0.1, 0.15) is 63.1 Å². The molecule has 1 atom stereocenters. The van der Waals surface area contributed by atoms with E-state index >= 15 is 0 Å². The van der Waals surface area contributed by atoms with E-state index in [4.69, 9.17) is 14.9 Å². The van der Waals surface area contributed by atoms with Crippen LogP contribution in [0.4, 0.5) is 5.88 Å². The van der Waals surface area contributed by atoms with Gasteiger partial charge in [-0.25, -0.2) is 4.79 Å². The number of carbonyl (C=O) groups is 3. The first-order chi connectivity index (χ1) is 15.5. The third-order valence-corrected chi connectivity index (χ3v) is 5.50. The van der Waals surface area contributed by atoms with Crippen molar-refractivity contribution < 1.29 is 23.5 Å². The highest BCUT2D eigenvalue weighted by Gasteiger charge is 2.30. The van der Waals surface area contributed by atoms with Gasteiger partial charge in [-0.3, -0.25) is 24.3 Å². The lowest BCUT2D eigenvalue weighted by atomic mass is 10.0. The van der Waals surface area contributed by atoms with Gasteiger partial charge in [0.05, 0.1) is 12.1 Å². The van der Waals surface area contributed by atoms with Gasteiger partial charge in [-0.2, -0.15) is 0 Å². The highest BCUT2D eigenvalue weighted by atomic mass is 16.5. The van der Waals surface area contributed by atoms with Gasteiger partial charge in [-0.1, -0.05) is 11.6 Å². The van der Waals surface area contributed by atoms with Gasteiger partial charge in [0.25, 0.3) is 11.5 Å². The summed E-state index contributed by atoms with van der Waals surface area (Å²) in [5.74, 6) is -2.55. The second kappa shape index (κ2) is 8.93. The van der Waals surface area contributed by atoms with Crippen LogP contribution in [-0.4, -0.2) is 29.0 Å². The number of nitrogens with one attached hydrogen (secondary N) is 1. The highest BCUT2D eigenvalue weighted by Crippen LogP contribution is 2.29. The van der Waals surface area contributed by atoms with E-state index in [1.165, 1.54) is 17.6 Å². The molecule has 2 heterocycles. The number of aromatic nitrogens is 1. The fraction of sp³-hybridized carbons (Fsp3) is 0.333. The number of hydrogen-bond donors (Lipinski definition) is 2. The van der Waals surface area contributed by atoms with Gasteiger partial charge in [0.2, 0.25) is 11.8 Å². The third-order valence-electron chi connectivity index (χ3n) is 5.50. The Kier molecular flexibility index (Phi) is 6.44. The predicted octanol–water partition coefficient (Wildman–Crippen LogP) is 3.30. The molecule has 1 aromatic carbocycles. The summed E-state index contributed by atoms with van der Waals surface area (Å²) in [5, 5.41) is 3.38. The third kappa shape index (κ3) is 4.26. The molecule has 33 heavy (non-hydrogen) atoms. The maximum atomic E-state index is 13.2. The van der Waals surface area contributed by atoms with Crippen LogP contribution < -0.4 is 16.6 Å². The first kappa shape index (κ1) is 23.8. The molecular weight excluding hydrogens is 426 g/mol. The Morgan fingerprint density at radius 3 is 2.36 bits per heavy atom. The van der Waals surface area contributed by atoms with Gasteiger partial charge in [0.1, 0.15) is 22.9 Å². The molecule has 9 heteroatoms. The molecule has 3 aromatic rings. The number of hydrogen-bond acceptors (Lipinski definition) is 6. The average molecular weight is 453 g/mol. The number of furan rings is 1. The minimum Gasteiger partial charge on any atom is -0.462 e. The number of nitrogens with two attached hydrogens (primary N) is 1. The van der Waals surface area contributed by atoms with Crippen LogP contribution in [0.3, 0.4) is 0 Å². The van der Waals surface area contributed by atoms with Gasteiger partial charge in [0.15, 0.2) is 0 Å². The summed E-state index contributed by atoms with van der Waals surface area (Å²) in [6.45, 7) is 10.4. The van der Waals surface area contributed by atoms with Crippen molar-refractivity contribution in [2.24, 2.45) is 5.73 Å². The molecule has 0 saturated heterocycles. The van der Waals surface area contributed by atoms with Crippen molar-refractivity contribution in [3.8, 4) is 0 Å². The molecule has 0 aliphatic carbocycles. The van der Waals surface area contributed by atoms with Crippen LogP contribution in [0.5, 0.6) is 0 Å². The zero-order valence-electron chi connectivity index (χ0n) is 19.5. The fourth-order valence-electron chi connectivity index (χ4n) is 4.06. The van der Waals surface area contributed by atoms with Crippen molar-refractivity contribution in [2.45, 2.75) is 47.6 Å². The molecule has 3 N–H and O–H groups in total. The number of aryl methyl sites for hydroxylation is 4. The Morgan fingerprint density at radius 2 is 1.76 bits per heavy atom. The summed E-state index contributed by atoms with van der Waals surface area (Å²) < 4.78 is 11.9. The zero-order chi connectivity index (χ0) is 24.6. The van der Waals surface area contributed by atoms with E-state index in [0.717, 1.165) is 22.1 Å². The predicted molar refractivity (Wildman–Crippen MR) is 124 cm³/mol. The monoisotopic (exact) mass is 453 g/mol. The maximum absolute atomic E-state index is 13.2. The lowest BCUT2D eigenvalue weighted by Gasteiger charge is -2.20. The molecule has 0 fully saturated rings. The minimum atomic E-state index is -0.959. The van der Waals surface area contributed by atoms with Crippen molar-refractivity contribution in [1.82, 2.24) is 4.57 Å². The minimum absolute atomic E-state index is 0.0782. The van der Waals surface area contributed by atoms with E-state index in [-0.39, 0.29) is 34.9 Å². The number of pyridine rings is 1. The molecule has 0 aliphatic heterocycles. The topological polar surface area (TPSA) is 134 Å². The summed E-state index contributed by atoms with van der Waals surface area (Å²) in [4.78, 5) is 50.4. The Bertz CT molecular complexity index is 1350. The smallest absolute Gasteiger partial charge is 0.342 e. The van der Waals surface area contributed by atoms with E-state index in [9.17, 15) is 19.2 Å². The summed E-state index contributed by atoms with van der Waals surface area (Å²) in [6, 6.07) is 4.43. The number of primary amides is 1. The molecule has 2 amide bonds. The first-order valence-electron chi connectivity index (χ1n) is 10.5. The summed E-state index contributed by atoms with van der Waals surface area (Å²) in [6.07, 6.45) is 0. The SMILES string of the molecule is CCOC(=O)c1c(C)oc(NC(=O)C(C)n2c(=O)cc(C)c3cc(C)cc(C)c32)c1C(N)=O. The van der Waals surface area contributed by atoms with Gasteiger partial charge >= 0.3 is 5.97 Å². The van der Waals surface area contributed by atoms with E-state index < -0.39 is 23.8 Å². The second-order valence-corrected chi connectivity index (χ2v) is 8.00. The van der Waals surface area contributed by atoms with Crippen molar-refractivity contribution in [3.63, 3.8) is 0 Å². The molecule has 0 saturated carbocycles. The van der Waals surface area contributed by atoms with Crippen LogP contribution in [-0.2, 0) is 9.53 Å².